The Hall–Kier alpha value is -1.09. The van der Waals surface area contributed by atoms with Gasteiger partial charge >= 0.3 is 0 Å². The van der Waals surface area contributed by atoms with Crippen molar-refractivity contribution in [1.29, 1.82) is 0 Å². The lowest BCUT2D eigenvalue weighted by Gasteiger charge is -2.30. The van der Waals surface area contributed by atoms with Crippen molar-refractivity contribution in [2.75, 3.05) is 18.0 Å². The second-order valence-corrected chi connectivity index (χ2v) is 5.93. The number of hydrogen-bond acceptors (Lipinski definition) is 3. The SMILES string of the molecule is CCCCN(c1ccc(C(C)NCCC)cn1)C(C)CC. The lowest BCUT2D eigenvalue weighted by atomic mass is 10.1. The molecule has 0 saturated heterocycles. The van der Waals surface area contributed by atoms with Gasteiger partial charge in [-0.15, -0.1) is 0 Å². The van der Waals surface area contributed by atoms with E-state index >= 15 is 0 Å². The Labute approximate surface area is 131 Å². The number of anilines is 1. The fourth-order valence-corrected chi connectivity index (χ4v) is 2.41. The van der Waals surface area contributed by atoms with E-state index in [9.17, 15) is 0 Å². The number of aromatic nitrogens is 1. The number of hydrogen-bond donors (Lipinski definition) is 1. The Kier molecular flexibility index (Phi) is 8.36. The fourth-order valence-electron chi connectivity index (χ4n) is 2.41. The predicted octanol–water partition coefficient (Wildman–Crippen LogP) is 4.55. The number of unbranched alkanes of at least 4 members (excludes halogenated alkanes) is 1. The van der Waals surface area contributed by atoms with E-state index in [1.165, 1.54) is 18.4 Å². The zero-order chi connectivity index (χ0) is 15.7. The summed E-state index contributed by atoms with van der Waals surface area (Å²) in [4.78, 5) is 7.16. The summed E-state index contributed by atoms with van der Waals surface area (Å²) in [5.41, 5.74) is 1.27. The van der Waals surface area contributed by atoms with E-state index < -0.39 is 0 Å². The Morgan fingerprint density at radius 2 is 1.90 bits per heavy atom. The molecule has 1 N–H and O–H groups in total. The zero-order valence-corrected chi connectivity index (χ0v) is 14.5. The largest absolute Gasteiger partial charge is 0.354 e. The lowest BCUT2D eigenvalue weighted by molar-refractivity contribution is 0.566. The van der Waals surface area contributed by atoms with Crippen LogP contribution in [0.4, 0.5) is 5.82 Å². The summed E-state index contributed by atoms with van der Waals surface area (Å²) in [6.45, 7) is 13.3. The molecule has 3 heteroatoms. The molecular formula is C18H33N3. The Balaban J connectivity index is 2.76. The van der Waals surface area contributed by atoms with Crippen molar-refractivity contribution in [2.24, 2.45) is 0 Å². The van der Waals surface area contributed by atoms with E-state index in [0.717, 1.165) is 31.7 Å². The van der Waals surface area contributed by atoms with Crippen LogP contribution in [0.2, 0.25) is 0 Å². The van der Waals surface area contributed by atoms with Gasteiger partial charge in [0.1, 0.15) is 5.82 Å². The van der Waals surface area contributed by atoms with Crippen LogP contribution in [0.25, 0.3) is 0 Å². The zero-order valence-electron chi connectivity index (χ0n) is 14.5. The average Bonchev–Trinajstić information content (AvgIpc) is 2.53. The molecule has 21 heavy (non-hydrogen) atoms. The van der Waals surface area contributed by atoms with Gasteiger partial charge in [-0.2, -0.15) is 0 Å². The van der Waals surface area contributed by atoms with Crippen LogP contribution in [-0.4, -0.2) is 24.1 Å². The third-order valence-corrected chi connectivity index (χ3v) is 4.14. The molecule has 1 aromatic heterocycles. The maximum absolute atomic E-state index is 4.72. The minimum atomic E-state index is 0.374. The highest BCUT2D eigenvalue weighted by Crippen LogP contribution is 2.19. The highest BCUT2D eigenvalue weighted by molar-refractivity contribution is 5.40. The van der Waals surface area contributed by atoms with Gasteiger partial charge in [-0.1, -0.05) is 33.3 Å². The number of nitrogens with zero attached hydrogens (tertiary/aromatic N) is 2. The van der Waals surface area contributed by atoms with Gasteiger partial charge < -0.3 is 10.2 Å². The van der Waals surface area contributed by atoms with Crippen LogP contribution in [0.15, 0.2) is 18.3 Å². The van der Waals surface area contributed by atoms with Gasteiger partial charge in [0, 0.05) is 24.8 Å². The summed E-state index contributed by atoms with van der Waals surface area (Å²) in [5.74, 6) is 1.12. The molecule has 2 atom stereocenters. The average molecular weight is 291 g/mol. The van der Waals surface area contributed by atoms with Gasteiger partial charge in [0.25, 0.3) is 0 Å². The molecule has 0 aliphatic heterocycles. The number of rotatable bonds is 10. The van der Waals surface area contributed by atoms with Crippen LogP contribution in [0.3, 0.4) is 0 Å². The van der Waals surface area contributed by atoms with E-state index in [4.69, 9.17) is 4.98 Å². The first kappa shape index (κ1) is 18.0. The molecule has 3 nitrogen and oxygen atoms in total. The summed E-state index contributed by atoms with van der Waals surface area (Å²) in [5, 5.41) is 3.51. The standard InChI is InChI=1S/C18H33N3/c1-6-9-13-21(15(4)8-3)18-11-10-17(14-20-18)16(5)19-12-7-2/h10-11,14-16,19H,6-9,12-13H2,1-5H3. The Bertz CT molecular complexity index is 375. The van der Waals surface area contributed by atoms with E-state index in [2.05, 4.69) is 57.0 Å². The normalized spacial score (nSPS) is 14.0. The van der Waals surface area contributed by atoms with Crippen LogP contribution < -0.4 is 10.2 Å². The molecule has 1 heterocycles. The molecule has 0 aliphatic rings. The van der Waals surface area contributed by atoms with Gasteiger partial charge in [-0.05, 0) is 51.3 Å². The molecule has 0 spiro atoms. The van der Waals surface area contributed by atoms with Gasteiger partial charge in [-0.25, -0.2) is 4.98 Å². The van der Waals surface area contributed by atoms with Crippen LogP contribution in [0.5, 0.6) is 0 Å². The second-order valence-electron chi connectivity index (χ2n) is 5.93. The molecule has 0 amide bonds. The predicted molar refractivity (Wildman–Crippen MR) is 93.0 cm³/mol. The van der Waals surface area contributed by atoms with Crippen molar-refractivity contribution in [2.45, 2.75) is 72.4 Å². The molecule has 0 aromatic carbocycles. The molecule has 120 valence electrons. The summed E-state index contributed by atoms with van der Waals surface area (Å²) < 4.78 is 0. The Morgan fingerprint density at radius 3 is 2.43 bits per heavy atom. The monoisotopic (exact) mass is 291 g/mol. The molecule has 0 bridgehead atoms. The smallest absolute Gasteiger partial charge is 0.128 e. The first-order valence-electron chi connectivity index (χ1n) is 8.59. The summed E-state index contributed by atoms with van der Waals surface area (Å²) in [6.07, 6.45) is 6.80. The second kappa shape index (κ2) is 9.78. The molecule has 2 unspecified atom stereocenters. The van der Waals surface area contributed by atoms with Gasteiger partial charge in [0.05, 0.1) is 0 Å². The highest BCUT2D eigenvalue weighted by atomic mass is 15.2. The number of pyridine rings is 1. The third kappa shape index (κ3) is 5.66. The molecule has 0 radical (unpaired) electrons. The molecule has 0 fully saturated rings. The van der Waals surface area contributed by atoms with Crippen LogP contribution in [0, 0.1) is 0 Å². The maximum Gasteiger partial charge on any atom is 0.128 e. The van der Waals surface area contributed by atoms with Gasteiger partial charge in [0.15, 0.2) is 0 Å². The number of nitrogens with one attached hydrogen (secondary N) is 1. The van der Waals surface area contributed by atoms with E-state index in [-0.39, 0.29) is 0 Å². The van der Waals surface area contributed by atoms with Crippen molar-refractivity contribution < 1.29 is 0 Å². The van der Waals surface area contributed by atoms with Crippen molar-refractivity contribution >= 4 is 5.82 Å². The van der Waals surface area contributed by atoms with Crippen molar-refractivity contribution in [3.8, 4) is 0 Å². The van der Waals surface area contributed by atoms with E-state index in [1.54, 1.807) is 0 Å². The van der Waals surface area contributed by atoms with E-state index in [1.807, 2.05) is 6.20 Å². The van der Waals surface area contributed by atoms with Crippen molar-refractivity contribution in [1.82, 2.24) is 10.3 Å². The minimum absolute atomic E-state index is 0.374. The first-order valence-corrected chi connectivity index (χ1v) is 8.59. The van der Waals surface area contributed by atoms with Crippen molar-refractivity contribution in [3.63, 3.8) is 0 Å². The molecule has 1 rings (SSSR count). The van der Waals surface area contributed by atoms with Crippen LogP contribution in [0.1, 0.15) is 71.9 Å². The minimum Gasteiger partial charge on any atom is -0.354 e. The fraction of sp³-hybridized carbons (Fsp3) is 0.722. The van der Waals surface area contributed by atoms with Gasteiger partial charge in [0.2, 0.25) is 0 Å². The molecule has 0 aliphatic carbocycles. The van der Waals surface area contributed by atoms with E-state index in [0.29, 0.717) is 12.1 Å². The first-order chi connectivity index (χ1) is 10.1. The summed E-state index contributed by atoms with van der Waals surface area (Å²) >= 11 is 0. The van der Waals surface area contributed by atoms with Crippen LogP contribution >= 0.6 is 0 Å². The summed E-state index contributed by atoms with van der Waals surface area (Å²) in [7, 11) is 0. The van der Waals surface area contributed by atoms with Crippen molar-refractivity contribution in [3.05, 3.63) is 23.9 Å². The summed E-state index contributed by atoms with van der Waals surface area (Å²) in [6, 6.07) is 5.32. The quantitative estimate of drug-likeness (QED) is 0.685. The third-order valence-electron chi connectivity index (χ3n) is 4.14. The molecular weight excluding hydrogens is 258 g/mol. The van der Waals surface area contributed by atoms with Crippen LogP contribution in [-0.2, 0) is 0 Å². The Morgan fingerprint density at radius 1 is 1.14 bits per heavy atom. The molecule has 0 saturated carbocycles. The lowest BCUT2D eigenvalue weighted by Crippen LogP contribution is -2.34. The topological polar surface area (TPSA) is 28.2 Å². The maximum atomic E-state index is 4.72. The molecule has 1 aromatic rings. The highest BCUT2D eigenvalue weighted by Gasteiger charge is 2.14. The van der Waals surface area contributed by atoms with Gasteiger partial charge in [-0.3, -0.25) is 0 Å².